The number of anilines is 2. The minimum atomic E-state index is -4.97. The Bertz CT molecular complexity index is 1190. The predicted molar refractivity (Wildman–Crippen MR) is 121 cm³/mol. The van der Waals surface area contributed by atoms with Gasteiger partial charge >= 0.3 is 18.3 Å². The van der Waals surface area contributed by atoms with E-state index in [0.29, 0.717) is 17.2 Å². The molecule has 0 fully saturated rings. The van der Waals surface area contributed by atoms with Gasteiger partial charge in [-0.3, -0.25) is 4.79 Å². The van der Waals surface area contributed by atoms with Crippen LogP contribution in [0.4, 0.5) is 37.7 Å². The number of alkyl halides is 6. The summed E-state index contributed by atoms with van der Waals surface area (Å²) in [4.78, 5) is 12.1. The molecule has 0 spiro atoms. The third-order valence-electron chi connectivity index (χ3n) is 5.41. The van der Waals surface area contributed by atoms with Crippen LogP contribution < -0.4 is 5.32 Å². The molecule has 0 radical (unpaired) electrons. The van der Waals surface area contributed by atoms with Gasteiger partial charge in [-0.1, -0.05) is 50.2 Å². The summed E-state index contributed by atoms with van der Waals surface area (Å²) in [5.74, 6) is -3.12. The largest absolute Gasteiger partial charge is 0.481 e. The Hall–Kier alpha value is -3.49. The van der Waals surface area contributed by atoms with Crippen LogP contribution in [0.5, 0.6) is 0 Å². The molecular formula is C26H23F6NO2. The minimum Gasteiger partial charge on any atom is -0.481 e. The third kappa shape index (κ3) is 6.35. The molecular weight excluding hydrogens is 472 g/mol. The van der Waals surface area contributed by atoms with Crippen LogP contribution in [0.1, 0.15) is 42.9 Å². The zero-order chi connectivity index (χ0) is 26.0. The van der Waals surface area contributed by atoms with Crippen LogP contribution >= 0.6 is 0 Å². The van der Waals surface area contributed by atoms with Crippen molar-refractivity contribution in [1.82, 2.24) is 0 Å². The molecule has 0 saturated carbocycles. The smallest absolute Gasteiger partial charge is 0.418 e. The molecule has 0 heterocycles. The second-order valence-corrected chi connectivity index (χ2v) is 8.58. The summed E-state index contributed by atoms with van der Waals surface area (Å²) in [7, 11) is 0. The molecule has 3 aromatic carbocycles. The van der Waals surface area contributed by atoms with Crippen molar-refractivity contribution in [2.75, 3.05) is 5.32 Å². The van der Waals surface area contributed by atoms with E-state index < -0.39 is 46.6 Å². The normalized spacial score (nSPS) is 13.1. The maximum atomic E-state index is 14.4. The zero-order valence-electron chi connectivity index (χ0n) is 18.8. The summed E-state index contributed by atoms with van der Waals surface area (Å²) in [6.45, 7) is 3.40. The Labute approximate surface area is 198 Å². The summed E-state index contributed by atoms with van der Waals surface area (Å²) in [6, 6.07) is 14.6. The van der Waals surface area contributed by atoms with Gasteiger partial charge in [0.25, 0.3) is 0 Å². The Morgan fingerprint density at radius 3 is 2.06 bits per heavy atom. The van der Waals surface area contributed by atoms with Crippen molar-refractivity contribution >= 4 is 17.3 Å². The number of carboxylic acids is 1. The summed E-state index contributed by atoms with van der Waals surface area (Å²) < 4.78 is 82.6. The van der Waals surface area contributed by atoms with Crippen LogP contribution in [0.15, 0.2) is 66.7 Å². The molecule has 9 heteroatoms. The van der Waals surface area contributed by atoms with Crippen LogP contribution in [0, 0.1) is 5.92 Å². The first-order valence-electron chi connectivity index (χ1n) is 10.7. The Balaban J connectivity index is 2.29. The molecule has 0 saturated heterocycles. The van der Waals surface area contributed by atoms with Gasteiger partial charge in [0.05, 0.1) is 22.7 Å². The number of carbonyl (C=O) groups is 1. The lowest BCUT2D eigenvalue weighted by Crippen LogP contribution is -2.21. The molecule has 1 unspecified atom stereocenters. The van der Waals surface area contributed by atoms with Gasteiger partial charge in [0.15, 0.2) is 0 Å². The molecule has 0 amide bonds. The van der Waals surface area contributed by atoms with E-state index in [1.165, 1.54) is 18.2 Å². The van der Waals surface area contributed by atoms with Crippen LogP contribution in [-0.4, -0.2) is 11.1 Å². The number of rotatable bonds is 7. The fourth-order valence-electron chi connectivity index (χ4n) is 3.91. The monoisotopic (exact) mass is 495 g/mol. The van der Waals surface area contributed by atoms with Crippen molar-refractivity contribution in [2.24, 2.45) is 5.92 Å². The highest BCUT2D eigenvalue weighted by molar-refractivity contribution is 5.82. The van der Waals surface area contributed by atoms with Gasteiger partial charge in [-0.2, -0.15) is 26.3 Å². The van der Waals surface area contributed by atoms with Gasteiger partial charge in [-0.15, -0.1) is 0 Å². The zero-order valence-corrected chi connectivity index (χ0v) is 18.8. The number of carboxylic acid groups (broad SMARTS) is 1. The molecule has 186 valence electrons. The van der Waals surface area contributed by atoms with Gasteiger partial charge in [-0.05, 0) is 59.4 Å². The fourth-order valence-corrected chi connectivity index (χ4v) is 3.91. The van der Waals surface area contributed by atoms with Crippen molar-refractivity contribution in [3.63, 3.8) is 0 Å². The molecule has 2 N–H and O–H groups in total. The number of halogens is 6. The molecule has 0 aromatic heterocycles. The molecule has 3 aromatic rings. The molecule has 0 aliphatic carbocycles. The lowest BCUT2D eigenvalue weighted by atomic mass is 9.84. The Morgan fingerprint density at radius 2 is 1.51 bits per heavy atom. The molecule has 3 rings (SSSR count). The second kappa shape index (κ2) is 10.0. The van der Waals surface area contributed by atoms with Crippen molar-refractivity contribution < 1.29 is 36.2 Å². The molecule has 0 aliphatic heterocycles. The van der Waals surface area contributed by atoms with Crippen LogP contribution in [0.3, 0.4) is 0 Å². The van der Waals surface area contributed by atoms with E-state index in [0.717, 1.165) is 12.1 Å². The first-order chi connectivity index (χ1) is 16.3. The average molecular weight is 495 g/mol. The predicted octanol–water partition coefficient (Wildman–Crippen LogP) is 8.35. The highest BCUT2D eigenvalue weighted by atomic mass is 19.4. The molecule has 1 atom stereocenters. The third-order valence-corrected chi connectivity index (χ3v) is 5.41. The lowest BCUT2D eigenvalue weighted by molar-refractivity contribution is -0.142. The average Bonchev–Trinajstić information content (AvgIpc) is 2.76. The summed E-state index contributed by atoms with van der Waals surface area (Å²) in [5, 5.41) is 12.3. The van der Waals surface area contributed by atoms with Gasteiger partial charge in [0, 0.05) is 5.69 Å². The summed E-state index contributed by atoms with van der Waals surface area (Å²) in [6.07, 6.45) is -9.72. The molecule has 35 heavy (non-hydrogen) atoms. The van der Waals surface area contributed by atoms with Crippen LogP contribution in [-0.2, 0) is 17.1 Å². The SMILES string of the molecule is CC(C)CC(C(=O)O)c1cc(-c2ccccc2)cc(Nc2cccc(C(F)(F)F)c2)c1C(F)(F)F. The summed E-state index contributed by atoms with van der Waals surface area (Å²) >= 11 is 0. The highest BCUT2D eigenvalue weighted by Crippen LogP contribution is 2.45. The Kier molecular flexibility index (Phi) is 7.47. The number of benzene rings is 3. The standard InChI is InChI=1S/C26H23F6NO2/c1-15(2)11-21(24(34)35)20-12-17(16-7-4-3-5-8-16)13-22(23(20)26(30,31)32)33-19-10-6-9-18(14-19)25(27,28)29/h3-10,12-15,21,33H,11H2,1-2H3,(H,34,35). The topological polar surface area (TPSA) is 49.3 Å². The van der Waals surface area contributed by atoms with Crippen LogP contribution in [0.2, 0.25) is 0 Å². The first-order valence-corrected chi connectivity index (χ1v) is 10.7. The van der Waals surface area contributed by atoms with Gasteiger partial charge in [0.2, 0.25) is 0 Å². The molecule has 3 nitrogen and oxygen atoms in total. The number of hydrogen-bond donors (Lipinski definition) is 2. The van der Waals surface area contributed by atoms with E-state index in [1.54, 1.807) is 44.2 Å². The number of nitrogens with one attached hydrogen (secondary N) is 1. The van der Waals surface area contributed by atoms with E-state index in [2.05, 4.69) is 5.32 Å². The maximum absolute atomic E-state index is 14.4. The number of aliphatic carboxylic acids is 1. The van der Waals surface area contributed by atoms with Gasteiger partial charge in [0.1, 0.15) is 0 Å². The van der Waals surface area contributed by atoms with Crippen LogP contribution in [0.25, 0.3) is 11.1 Å². The Morgan fingerprint density at radius 1 is 0.857 bits per heavy atom. The molecule has 0 bridgehead atoms. The summed E-state index contributed by atoms with van der Waals surface area (Å²) in [5.41, 5.74) is -2.60. The fraction of sp³-hybridized carbons (Fsp3) is 0.269. The van der Waals surface area contributed by atoms with Crippen molar-refractivity contribution in [2.45, 2.75) is 38.5 Å². The maximum Gasteiger partial charge on any atom is 0.418 e. The van der Waals surface area contributed by atoms with E-state index in [9.17, 15) is 36.2 Å². The van der Waals surface area contributed by atoms with E-state index in [4.69, 9.17) is 0 Å². The van der Waals surface area contributed by atoms with Crippen molar-refractivity contribution in [3.8, 4) is 11.1 Å². The van der Waals surface area contributed by atoms with E-state index >= 15 is 0 Å². The van der Waals surface area contributed by atoms with Gasteiger partial charge < -0.3 is 10.4 Å². The van der Waals surface area contributed by atoms with E-state index in [-0.39, 0.29) is 18.0 Å². The number of hydrogen-bond acceptors (Lipinski definition) is 2. The lowest BCUT2D eigenvalue weighted by Gasteiger charge is -2.25. The minimum absolute atomic E-state index is 0.0559. The first kappa shape index (κ1) is 26.1. The second-order valence-electron chi connectivity index (χ2n) is 8.58. The highest BCUT2D eigenvalue weighted by Gasteiger charge is 2.40. The molecule has 0 aliphatic rings. The van der Waals surface area contributed by atoms with Gasteiger partial charge in [-0.25, -0.2) is 0 Å². The van der Waals surface area contributed by atoms with E-state index in [1.807, 2.05) is 0 Å². The quantitative estimate of drug-likeness (QED) is 0.324. The van der Waals surface area contributed by atoms with Crippen molar-refractivity contribution in [3.05, 3.63) is 83.4 Å². The van der Waals surface area contributed by atoms with Crippen molar-refractivity contribution in [1.29, 1.82) is 0 Å².